The molecule has 0 aromatic carbocycles. The molecular formula is C11H24ClN. The molecule has 0 aliphatic carbocycles. The lowest BCUT2D eigenvalue weighted by Crippen LogP contribution is -3.00. The molecule has 0 spiro atoms. The van der Waals surface area contributed by atoms with Crippen LogP contribution in [0.25, 0.3) is 0 Å². The first-order valence-corrected chi connectivity index (χ1v) is 4.83. The van der Waals surface area contributed by atoms with Gasteiger partial charge in [-0.2, -0.15) is 0 Å². The fourth-order valence-corrected chi connectivity index (χ4v) is 1.48. The van der Waals surface area contributed by atoms with E-state index in [4.69, 9.17) is 0 Å². The minimum atomic E-state index is 0. The molecule has 0 saturated heterocycles. The van der Waals surface area contributed by atoms with E-state index in [1.807, 2.05) is 6.08 Å². The molecule has 1 unspecified atom stereocenters. The molecule has 0 N–H and O–H groups in total. The summed E-state index contributed by atoms with van der Waals surface area (Å²) in [7, 11) is 2.31. The SMILES string of the molecule is C=CC[N+](C)(CCC)C(C)(C)C.[Cl-]. The quantitative estimate of drug-likeness (QED) is 0.442. The zero-order valence-electron chi connectivity index (χ0n) is 9.73. The minimum absolute atomic E-state index is 0. The van der Waals surface area contributed by atoms with Gasteiger partial charge in [-0.3, -0.25) is 0 Å². The van der Waals surface area contributed by atoms with Crippen molar-refractivity contribution >= 4 is 0 Å². The van der Waals surface area contributed by atoms with E-state index < -0.39 is 0 Å². The molecule has 1 atom stereocenters. The van der Waals surface area contributed by atoms with Crippen molar-refractivity contribution in [1.82, 2.24) is 0 Å². The van der Waals surface area contributed by atoms with Gasteiger partial charge in [0.05, 0.1) is 25.7 Å². The lowest BCUT2D eigenvalue weighted by atomic mass is 10.0. The van der Waals surface area contributed by atoms with Crippen LogP contribution in [0.5, 0.6) is 0 Å². The number of nitrogens with zero attached hydrogens (tertiary/aromatic N) is 1. The van der Waals surface area contributed by atoms with Gasteiger partial charge in [-0.1, -0.05) is 13.5 Å². The maximum atomic E-state index is 3.83. The van der Waals surface area contributed by atoms with Crippen molar-refractivity contribution in [2.75, 3.05) is 20.1 Å². The van der Waals surface area contributed by atoms with Crippen LogP contribution in [0.3, 0.4) is 0 Å². The lowest BCUT2D eigenvalue weighted by molar-refractivity contribution is -0.948. The summed E-state index contributed by atoms with van der Waals surface area (Å²) in [5, 5.41) is 0. The maximum absolute atomic E-state index is 3.83. The van der Waals surface area contributed by atoms with Crippen molar-refractivity contribution in [1.29, 1.82) is 0 Å². The molecule has 0 aromatic rings. The van der Waals surface area contributed by atoms with Gasteiger partial charge in [-0.15, -0.1) is 0 Å². The monoisotopic (exact) mass is 205 g/mol. The molecule has 2 heteroatoms. The van der Waals surface area contributed by atoms with Crippen LogP contribution < -0.4 is 12.4 Å². The van der Waals surface area contributed by atoms with Crippen LogP contribution in [0.15, 0.2) is 12.7 Å². The molecule has 80 valence electrons. The van der Waals surface area contributed by atoms with E-state index in [-0.39, 0.29) is 12.4 Å². The zero-order valence-corrected chi connectivity index (χ0v) is 10.5. The lowest BCUT2D eigenvalue weighted by Gasteiger charge is -2.45. The zero-order chi connectivity index (χ0) is 9.83. The smallest absolute Gasteiger partial charge is 0.0972 e. The van der Waals surface area contributed by atoms with Crippen molar-refractivity contribution in [2.45, 2.75) is 39.7 Å². The third kappa shape index (κ3) is 4.15. The van der Waals surface area contributed by atoms with Crippen molar-refractivity contribution in [2.24, 2.45) is 0 Å². The van der Waals surface area contributed by atoms with Gasteiger partial charge in [-0.05, 0) is 33.3 Å². The van der Waals surface area contributed by atoms with E-state index in [2.05, 4.69) is 41.3 Å². The van der Waals surface area contributed by atoms with Gasteiger partial charge in [0, 0.05) is 0 Å². The summed E-state index contributed by atoms with van der Waals surface area (Å²) in [4.78, 5) is 0. The van der Waals surface area contributed by atoms with E-state index in [1.165, 1.54) is 13.0 Å². The highest BCUT2D eigenvalue weighted by Crippen LogP contribution is 2.22. The molecule has 0 aliphatic rings. The Balaban J connectivity index is 0. The van der Waals surface area contributed by atoms with Gasteiger partial charge in [-0.25, -0.2) is 0 Å². The minimum Gasteiger partial charge on any atom is -1.00 e. The normalized spacial score (nSPS) is 15.8. The number of likely N-dealkylation sites (N-methyl/N-ethyl adjacent to an activating group) is 1. The van der Waals surface area contributed by atoms with Crippen LogP contribution in [-0.2, 0) is 0 Å². The standard InChI is InChI=1S/C11H24N.ClH/c1-7-9-12(6,10-8-2)11(3,4)5;/h7H,1,8-10H2,2-6H3;1H/q+1;/p-1. The Kier molecular flexibility index (Phi) is 6.74. The first kappa shape index (κ1) is 15.5. The Morgan fingerprint density at radius 3 is 2.00 bits per heavy atom. The van der Waals surface area contributed by atoms with E-state index in [0.717, 1.165) is 11.0 Å². The summed E-state index contributed by atoms with van der Waals surface area (Å²) in [5.74, 6) is 0. The largest absolute Gasteiger partial charge is 1.00 e. The summed E-state index contributed by atoms with van der Waals surface area (Å²) in [6.07, 6.45) is 3.27. The Labute approximate surface area is 89.8 Å². The van der Waals surface area contributed by atoms with Crippen molar-refractivity contribution in [3.05, 3.63) is 12.7 Å². The number of hydrogen-bond acceptors (Lipinski definition) is 0. The molecule has 0 aromatic heterocycles. The number of hydrogen-bond donors (Lipinski definition) is 0. The number of halogens is 1. The molecule has 0 radical (unpaired) electrons. The highest BCUT2D eigenvalue weighted by Gasteiger charge is 2.33. The molecule has 0 rings (SSSR count). The molecule has 13 heavy (non-hydrogen) atoms. The third-order valence-corrected chi connectivity index (χ3v) is 2.87. The van der Waals surface area contributed by atoms with Crippen LogP contribution >= 0.6 is 0 Å². The first-order chi connectivity index (χ1) is 5.37. The molecule has 1 nitrogen and oxygen atoms in total. The predicted molar refractivity (Wildman–Crippen MR) is 56.2 cm³/mol. The average molecular weight is 206 g/mol. The van der Waals surface area contributed by atoms with E-state index in [0.29, 0.717) is 5.54 Å². The second-order valence-corrected chi connectivity index (χ2v) is 4.76. The van der Waals surface area contributed by atoms with Gasteiger partial charge in [0.2, 0.25) is 0 Å². The fraction of sp³-hybridized carbons (Fsp3) is 0.818. The van der Waals surface area contributed by atoms with E-state index in [9.17, 15) is 0 Å². The molecular weight excluding hydrogens is 182 g/mol. The van der Waals surface area contributed by atoms with Gasteiger partial charge in [0.15, 0.2) is 0 Å². The summed E-state index contributed by atoms with van der Waals surface area (Å²) >= 11 is 0. The molecule has 0 aliphatic heterocycles. The molecule has 0 bridgehead atoms. The topological polar surface area (TPSA) is 0 Å². The van der Waals surface area contributed by atoms with Crippen LogP contribution in [-0.4, -0.2) is 30.2 Å². The number of rotatable bonds is 4. The Morgan fingerprint density at radius 2 is 1.77 bits per heavy atom. The maximum Gasteiger partial charge on any atom is 0.0972 e. The van der Waals surface area contributed by atoms with Gasteiger partial charge < -0.3 is 16.9 Å². The third-order valence-electron chi connectivity index (χ3n) is 2.87. The van der Waals surface area contributed by atoms with Gasteiger partial charge >= 0.3 is 0 Å². The van der Waals surface area contributed by atoms with Crippen molar-refractivity contribution in [3.8, 4) is 0 Å². The second-order valence-electron chi connectivity index (χ2n) is 4.76. The second kappa shape index (κ2) is 5.66. The average Bonchev–Trinajstić information content (AvgIpc) is 1.86. The van der Waals surface area contributed by atoms with Crippen LogP contribution in [0.1, 0.15) is 34.1 Å². The molecule has 0 fully saturated rings. The number of quaternary nitrogens is 1. The summed E-state index contributed by atoms with van der Waals surface area (Å²) in [6.45, 7) is 15.3. The molecule has 0 heterocycles. The van der Waals surface area contributed by atoms with Crippen LogP contribution in [0.4, 0.5) is 0 Å². The highest BCUT2D eigenvalue weighted by molar-refractivity contribution is 4.71. The van der Waals surface area contributed by atoms with Crippen LogP contribution in [0.2, 0.25) is 0 Å². The summed E-state index contributed by atoms with van der Waals surface area (Å²) in [6, 6.07) is 0. The van der Waals surface area contributed by atoms with Crippen molar-refractivity contribution < 1.29 is 16.9 Å². The fourth-order valence-electron chi connectivity index (χ4n) is 1.48. The Morgan fingerprint density at radius 1 is 1.31 bits per heavy atom. The molecule has 0 saturated carbocycles. The molecule has 0 amide bonds. The Bertz CT molecular complexity index is 149. The van der Waals surface area contributed by atoms with Gasteiger partial charge in [0.25, 0.3) is 0 Å². The van der Waals surface area contributed by atoms with Crippen LogP contribution in [0, 0.1) is 0 Å². The highest BCUT2D eigenvalue weighted by atomic mass is 35.5. The summed E-state index contributed by atoms with van der Waals surface area (Å²) in [5.41, 5.74) is 0.324. The first-order valence-electron chi connectivity index (χ1n) is 4.83. The summed E-state index contributed by atoms with van der Waals surface area (Å²) < 4.78 is 1.09. The van der Waals surface area contributed by atoms with Crippen molar-refractivity contribution in [3.63, 3.8) is 0 Å². The Hall–Kier alpha value is -0.0100. The van der Waals surface area contributed by atoms with E-state index in [1.54, 1.807) is 0 Å². The predicted octanol–water partition coefficient (Wildman–Crippen LogP) is -0.168. The van der Waals surface area contributed by atoms with E-state index >= 15 is 0 Å². The van der Waals surface area contributed by atoms with Gasteiger partial charge in [0.1, 0.15) is 0 Å².